The summed E-state index contributed by atoms with van der Waals surface area (Å²) in [6.45, 7) is 21.0. The van der Waals surface area contributed by atoms with Crippen molar-refractivity contribution in [1.29, 1.82) is 0 Å². The van der Waals surface area contributed by atoms with E-state index in [4.69, 9.17) is 28.9 Å². The van der Waals surface area contributed by atoms with E-state index in [0.29, 0.717) is 0 Å². The Morgan fingerprint density at radius 2 is 1.74 bits per heavy atom. The number of carbonyl (C=O) groups is 1. The van der Waals surface area contributed by atoms with E-state index in [9.17, 15) is 9.59 Å². The van der Waals surface area contributed by atoms with Crippen LogP contribution in [0.15, 0.2) is 11.1 Å². The first-order chi connectivity index (χ1) is 20.2. The number of amides is 1. The Morgan fingerprint density at radius 3 is 2.30 bits per heavy atom. The lowest BCUT2D eigenvalue weighted by atomic mass is 10.1. The fraction of sp³-hybridized carbons (Fsp3) is 0.724. The van der Waals surface area contributed by atoms with Crippen molar-refractivity contribution in [2.45, 2.75) is 116 Å². The van der Waals surface area contributed by atoms with Gasteiger partial charge in [0.05, 0.1) is 12.9 Å². The number of aromatic nitrogens is 4. The molecule has 0 unspecified atom stereocenters. The molecule has 0 aromatic carbocycles. The highest BCUT2D eigenvalue weighted by molar-refractivity contribution is 6.84. The fourth-order valence-electron chi connectivity index (χ4n) is 6.10. The van der Waals surface area contributed by atoms with Gasteiger partial charge in [0.2, 0.25) is 11.9 Å². The van der Waals surface area contributed by atoms with Gasteiger partial charge in [0, 0.05) is 5.92 Å². The van der Waals surface area contributed by atoms with Crippen molar-refractivity contribution in [3.63, 3.8) is 0 Å². The van der Waals surface area contributed by atoms with Crippen LogP contribution in [0.25, 0.3) is 11.2 Å². The van der Waals surface area contributed by atoms with Gasteiger partial charge in [-0.25, -0.2) is 4.98 Å². The molecule has 14 heteroatoms. The van der Waals surface area contributed by atoms with Crippen LogP contribution in [0.4, 0.5) is 5.95 Å². The first-order valence-corrected chi connectivity index (χ1v) is 19.1. The quantitative estimate of drug-likeness (QED) is 0.300. The maximum atomic E-state index is 12.9. The van der Waals surface area contributed by atoms with Crippen molar-refractivity contribution >= 4 is 40.1 Å². The SMILES string of the molecule is C#CCO[C@@H]1[C@@H]2O[Si](C(C)C)(C(C)C)O[Si](C(C)C)(C(C)C)OC[C@H]2O[C@H]1n1cnc2c(=O)[nH]c(NC(=O)C(C)C)nc21. The van der Waals surface area contributed by atoms with Crippen LogP contribution >= 0.6 is 0 Å². The molecule has 1 amide bonds. The van der Waals surface area contributed by atoms with Gasteiger partial charge in [0.1, 0.15) is 24.9 Å². The lowest BCUT2D eigenvalue weighted by Crippen LogP contribution is -2.66. The zero-order valence-electron chi connectivity index (χ0n) is 27.0. The molecule has 0 saturated carbocycles. The van der Waals surface area contributed by atoms with Gasteiger partial charge in [0.25, 0.3) is 5.56 Å². The molecule has 2 aromatic heterocycles. The molecule has 4 rings (SSSR count). The van der Waals surface area contributed by atoms with Crippen LogP contribution in [-0.2, 0) is 27.2 Å². The minimum Gasteiger partial charge on any atom is -0.414 e. The maximum absolute atomic E-state index is 12.9. The minimum absolute atomic E-state index is 0.0176. The highest BCUT2D eigenvalue weighted by atomic mass is 28.5. The second kappa shape index (κ2) is 12.9. The standard InChI is InChI=1S/C29H47N5O7Si2/c1-12-13-37-24-23-21(14-38-42(17(4)5,18(6)7)41-43(40-23,19(8)9)20(10)11)39-28(24)34-15-30-22-25(34)31-29(33-27(22)36)32-26(35)16(2)3/h1,15-21,23-24,28H,13-14H2,2-11H3,(H2,31,32,33,35,36)/t21-,23-,24-,28-/m1/s1. The highest BCUT2D eigenvalue weighted by Gasteiger charge is 2.62. The van der Waals surface area contributed by atoms with Crippen LogP contribution in [0.1, 0.15) is 75.5 Å². The summed E-state index contributed by atoms with van der Waals surface area (Å²) in [6.07, 6.45) is 4.58. The van der Waals surface area contributed by atoms with Gasteiger partial charge in [-0.2, -0.15) is 4.98 Å². The number of hydrogen-bond donors (Lipinski definition) is 2. The van der Waals surface area contributed by atoms with E-state index in [-0.39, 0.29) is 64.3 Å². The van der Waals surface area contributed by atoms with E-state index in [1.54, 1.807) is 18.4 Å². The molecular formula is C29H47N5O7Si2. The van der Waals surface area contributed by atoms with Crippen molar-refractivity contribution in [1.82, 2.24) is 19.5 Å². The summed E-state index contributed by atoms with van der Waals surface area (Å²) in [5.41, 5.74) is 0.410. The average Bonchev–Trinajstić information content (AvgIpc) is 3.47. The molecule has 0 radical (unpaired) electrons. The number of anilines is 1. The smallest absolute Gasteiger partial charge is 0.335 e. The maximum Gasteiger partial charge on any atom is 0.335 e. The second-order valence-electron chi connectivity index (χ2n) is 13.0. The molecule has 0 bridgehead atoms. The molecule has 43 heavy (non-hydrogen) atoms. The molecule has 12 nitrogen and oxygen atoms in total. The third kappa shape index (κ3) is 6.13. The summed E-state index contributed by atoms with van der Waals surface area (Å²) in [5, 5.41) is 2.66. The van der Waals surface area contributed by atoms with Gasteiger partial charge in [-0.05, 0) is 22.2 Å². The summed E-state index contributed by atoms with van der Waals surface area (Å²) >= 11 is 0. The molecule has 0 spiro atoms. The van der Waals surface area contributed by atoms with Gasteiger partial charge < -0.3 is 22.4 Å². The topological polar surface area (TPSA) is 139 Å². The summed E-state index contributed by atoms with van der Waals surface area (Å²) in [5.74, 6) is 1.99. The van der Waals surface area contributed by atoms with Crippen LogP contribution in [-0.4, -0.2) is 74.1 Å². The first kappa shape index (κ1) is 33.5. The lowest BCUT2D eigenvalue weighted by molar-refractivity contribution is -0.118. The average molecular weight is 634 g/mol. The number of ether oxygens (including phenoxy) is 2. The number of rotatable bonds is 9. The van der Waals surface area contributed by atoms with Crippen molar-refractivity contribution in [3.8, 4) is 12.3 Å². The zero-order valence-corrected chi connectivity index (χ0v) is 29.0. The lowest BCUT2D eigenvalue weighted by Gasteiger charge is -2.51. The van der Waals surface area contributed by atoms with Crippen molar-refractivity contribution < 1.29 is 27.2 Å². The normalized spacial score (nSPS) is 25.3. The number of terminal acetylenes is 1. The van der Waals surface area contributed by atoms with E-state index in [0.717, 1.165) is 0 Å². The Morgan fingerprint density at radius 1 is 1.12 bits per heavy atom. The van der Waals surface area contributed by atoms with Gasteiger partial charge >= 0.3 is 17.1 Å². The van der Waals surface area contributed by atoms with Crippen molar-refractivity contribution in [2.75, 3.05) is 18.5 Å². The van der Waals surface area contributed by atoms with Crippen molar-refractivity contribution in [2.24, 2.45) is 5.92 Å². The summed E-state index contributed by atoms with van der Waals surface area (Å²) in [4.78, 5) is 36.8. The number of H-pyrrole nitrogens is 1. The van der Waals surface area contributed by atoms with Crippen LogP contribution in [0.5, 0.6) is 0 Å². The molecule has 2 aliphatic heterocycles. The molecular weight excluding hydrogens is 587 g/mol. The Labute approximate surface area is 256 Å². The summed E-state index contributed by atoms with van der Waals surface area (Å²) < 4.78 is 36.0. The van der Waals surface area contributed by atoms with E-state index < -0.39 is 47.2 Å². The van der Waals surface area contributed by atoms with Gasteiger partial charge in [-0.1, -0.05) is 75.2 Å². The molecule has 238 valence electrons. The van der Waals surface area contributed by atoms with Gasteiger partial charge in [0.15, 0.2) is 17.4 Å². The molecule has 4 heterocycles. The number of nitrogens with one attached hydrogen (secondary N) is 2. The number of carbonyl (C=O) groups excluding carboxylic acids is 1. The number of nitrogens with zero attached hydrogens (tertiary/aromatic N) is 3. The Kier molecular flexibility index (Phi) is 10.1. The third-order valence-corrected chi connectivity index (χ3v) is 18.7. The van der Waals surface area contributed by atoms with Crippen LogP contribution in [0, 0.1) is 18.3 Å². The van der Waals surface area contributed by atoms with Crippen molar-refractivity contribution in [3.05, 3.63) is 16.7 Å². The van der Waals surface area contributed by atoms with Crippen LogP contribution in [0.3, 0.4) is 0 Å². The Bertz CT molecular complexity index is 1380. The van der Waals surface area contributed by atoms with E-state index in [2.05, 4.69) is 81.6 Å². The molecule has 2 fully saturated rings. The molecule has 0 aliphatic carbocycles. The molecule has 2 saturated heterocycles. The number of imidazole rings is 1. The predicted octanol–water partition coefficient (Wildman–Crippen LogP) is 4.59. The van der Waals surface area contributed by atoms with E-state index in [1.807, 2.05) is 0 Å². The third-order valence-electron chi connectivity index (χ3n) is 8.45. The first-order valence-electron chi connectivity index (χ1n) is 15.2. The van der Waals surface area contributed by atoms with Crippen LogP contribution < -0.4 is 10.9 Å². The fourth-order valence-corrected chi connectivity index (χ4v) is 17.3. The number of hydrogen-bond acceptors (Lipinski definition) is 9. The monoisotopic (exact) mass is 633 g/mol. The minimum atomic E-state index is -2.98. The molecule has 4 atom stereocenters. The van der Waals surface area contributed by atoms with Crippen LogP contribution in [0.2, 0.25) is 22.2 Å². The van der Waals surface area contributed by atoms with E-state index >= 15 is 0 Å². The highest BCUT2D eigenvalue weighted by Crippen LogP contribution is 2.49. The molecule has 2 aromatic rings. The Balaban J connectivity index is 1.84. The summed E-state index contributed by atoms with van der Waals surface area (Å²) in [7, 11) is -5.77. The number of fused-ring (bicyclic) bond motifs is 2. The predicted molar refractivity (Wildman–Crippen MR) is 168 cm³/mol. The van der Waals surface area contributed by atoms with Gasteiger partial charge in [-0.3, -0.25) is 24.5 Å². The van der Waals surface area contributed by atoms with Gasteiger partial charge in [-0.15, -0.1) is 6.42 Å². The summed E-state index contributed by atoms with van der Waals surface area (Å²) in [6, 6.07) is 0. The largest absolute Gasteiger partial charge is 0.414 e. The Hall–Kier alpha value is -2.39. The second-order valence-corrected chi connectivity index (χ2v) is 21.8. The number of aromatic amines is 1. The zero-order chi connectivity index (χ0) is 31.9. The molecule has 2 N–H and O–H groups in total. The van der Waals surface area contributed by atoms with E-state index in [1.165, 1.54) is 6.33 Å². The molecule has 2 aliphatic rings.